The van der Waals surface area contributed by atoms with Gasteiger partial charge in [0.25, 0.3) is 0 Å². The number of halogens is 2. The van der Waals surface area contributed by atoms with Crippen LogP contribution in [0, 0.1) is 0 Å². The van der Waals surface area contributed by atoms with Gasteiger partial charge < -0.3 is 9.64 Å². The molecule has 0 aliphatic carbocycles. The van der Waals surface area contributed by atoms with Crippen molar-refractivity contribution in [1.82, 2.24) is 9.88 Å². The number of amides is 1. The molecule has 0 saturated carbocycles. The quantitative estimate of drug-likeness (QED) is 0.794. The van der Waals surface area contributed by atoms with E-state index in [0.717, 1.165) is 30.5 Å². The van der Waals surface area contributed by atoms with Gasteiger partial charge in [-0.3, -0.25) is 9.78 Å². The Balaban J connectivity index is 1.57. The molecule has 1 aliphatic heterocycles. The van der Waals surface area contributed by atoms with E-state index < -0.39 is 6.61 Å². The van der Waals surface area contributed by atoms with Gasteiger partial charge in [0.2, 0.25) is 5.91 Å². The van der Waals surface area contributed by atoms with Crippen LogP contribution in [-0.2, 0) is 11.2 Å². The molecule has 132 valence electrons. The number of carbonyl (C=O) groups excluding carboxylic acids is 1. The fourth-order valence-electron chi connectivity index (χ4n) is 3.23. The highest BCUT2D eigenvalue weighted by Crippen LogP contribution is 2.32. The monoisotopic (exact) mass is 346 g/mol. The van der Waals surface area contributed by atoms with Gasteiger partial charge in [-0.15, -0.1) is 0 Å². The van der Waals surface area contributed by atoms with E-state index in [0.29, 0.717) is 12.8 Å². The van der Waals surface area contributed by atoms with Crippen molar-refractivity contribution in [2.45, 2.75) is 38.3 Å². The van der Waals surface area contributed by atoms with Crippen molar-refractivity contribution in [1.29, 1.82) is 0 Å². The minimum absolute atomic E-state index is 0.118. The van der Waals surface area contributed by atoms with Gasteiger partial charge >= 0.3 is 6.61 Å². The second-order valence-corrected chi connectivity index (χ2v) is 6.05. The predicted molar refractivity (Wildman–Crippen MR) is 89.3 cm³/mol. The molecule has 1 saturated heterocycles. The molecule has 25 heavy (non-hydrogen) atoms. The number of aromatic nitrogens is 1. The first-order valence-electron chi connectivity index (χ1n) is 8.36. The largest absolute Gasteiger partial charge is 0.435 e. The Kier molecular flexibility index (Phi) is 5.58. The summed E-state index contributed by atoms with van der Waals surface area (Å²) in [4.78, 5) is 18.6. The number of nitrogens with zero attached hydrogens (tertiary/aromatic N) is 2. The molecular weight excluding hydrogens is 326 g/mol. The highest BCUT2D eigenvalue weighted by atomic mass is 19.3. The van der Waals surface area contributed by atoms with Crippen LogP contribution in [0.5, 0.6) is 5.75 Å². The van der Waals surface area contributed by atoms with Gasteiger partial charge in [-0.2, -0.15) is 8.78 Å². The lowest BCUT2D eigenvalue weighted by Gasteiger charge is -2.25. The molecule has 2 aromatic rings. The lowest BCUT2D eigenvalue weighted by molar-refractivity contribution is -0.132. The lowest BCUT2D eigenvalue weighted by atomic mass is 10.1. The maximum atomic E-state index is 12.6. The summed E-state index contributed by atoms with van der Waals surface area (Å²) in [6.07, 6.45) is 6.44. The van der Waals surface area contributed by atoms with Gasteiger partial charge in [0, 0.05) is 25.4 Å². The fraction of sp³-hybridized carbons (Fsp3) is 0.368. The van der Waals surface area contributed by atoms with E-state index in [1.54, 1.807) is 24.5 Å². The normalized spacial score (nSPS) is 17.1. The Morgan fingerprint density at radius 1 is 1.20 bits per heavy atom. The Labute approximate surface area is 145 Å². The van der Waals surface area contributed by atoms with E-state index in [1.165, 1.54) is 12.1 Å². The number of benzene rings is 1. The zero-order valence-electron chi connectivity index (χ0n) is 13.8. The number of rotatable bonds is 6. The fourth-order valence-corrected chi connectivity index (χ4v) is 3.23. The van der Waals surface area contributed by atoms with E-state index in [1.807, 2.05) is 17.0 Å². The van der Waals surface area contributed by atoms with Crippen LogP contribution in [0.3, 0.4) is 0 Å². The molecular formula is C19H20F2N2O2. The third-order valence-electron chi connectivity index (χ3n) is 4.44. The molecule has 1 unspecified atom stereocenters. The van der Waals surface area contributed by atoms with Gasteiger partial charge in [0.1, 0.15) is 5.75 Å². The van der Waals surface area contributed by atoms with Crippen molar-refractivity contribution < 1.29 is 18.3 Å². The molecule has 0 bridgehead atoms. The average molecular weight is 346 g/mol. The Morgan fingerprint density at radius 3 is 2.60 bits per heavy atom. The number of hydrogen-bond acceptors (Lipinski definition) is 3. The first-order valence-corrected chi connectivity index (χ1v) is 8.36. The molecule has 1 aliphatic rings. The van der Waals surface area contributed by atoms with Crippen LogP contribution >= 0.6 is 0 Å². The Hall–Kier alpha value is -2.50. The van der Waals surface area contributed by atoms with E-state index in [-0.39, 0.29) is 17.7 Å². The van der Waals surface area contributed by atoms with Crippen LogP contribution in [0.25, 0.3) is 0 Å². The summed E-state index contributed by atoms with van der Waals surface area (Å²) in [7, 11) is 0. The maximum Gasteiger partial charge on any atom is 0.387 e. The van der Waals surface area contributed by atoms with E-state index in [4.69, 9.17) is 0 Å². The Bertz CT molecular complexity index is 692. The van der Waals surface area contributed by atoms with Gasteiger partial charge in [0.15, 0.2) is 0 Å². The van der Waals surface area contributed by atoms with Gasteiger partial charge in [0.05, 0.1) is 6.04 Å². The minimum Gasteiger partial charge on any atom is -0.435 e. The molecule has 1 fully saturated rings. The summed E-state index contributed by atoms with van der Waals surface area (Å²) >= 11 is 0. The average Bonchev–Trinajstić information content (AvgIpc) is 3.11. The van der Waals surface area contributed by atoms with Crippen LogP contribution in [0.4, 0.5) is 8.78 Å². The third-order valence-corrected chi connectivity index (χ3v) is 4.44. The molecule has 1 atom stereocenters. The summed E-state index contributed by atoms with van der Waals surface area (Å²) in [5, 5.41) is 0. The van der Waals surface area contributed by atoms with Crippen molar-refractivity contribution in [2.75, 3.05) is 6.54 Å². The summed E-state index contributed by atoms with van der Waals surface area (Å²) in [6, 6.07) is 10.5. The number of hydrogen-bond donors (Lipinski definition) is 0. The number of alkyl halides is 2. The second kappa shape index (κ2) is 8.05. The summed E-state index contributed by atoms with van der Waals surface area (Å²) in [6.45, 7) is -2.06. The second-order valence-electron chi connectivity index (χ2n) is 6.05. The van der Waals surface area contributed by atoms with Crippen LogP contribution in [0.15, 0.2) is 48.8 Å². The highest BCUT2D eigenvalue weighted by Gasteiger charge is 2.29. The molecule has 4 nitrogen and oxygen atoms in total. The first-order chi connectivity index (χ1) is 12.1. The number of pyridine rings is 1. The van der Waals surface area contributed by atoms with Crippen LogP contribution in [-0.4, -0.2) is 28.9 Å². The highest BCUT2D eigenvalue weighted by molar-refractivity contribution is 5.77. The first kappa shape index (κ1) is 17.3. The Morgan fingerprint density at radius 2 is 1.92 bits per heavy atom. The molecule has 0 radical (unpaired) electrons. The number of aryl methyl sites for hydroxylation is 1. The molecule has 3 rings (SSSR count). The molecule has 1 amide bonds. The van der Waals surface area contributed by atoms with Crippen LogP contribution < -0.4 is 4.74 Å². The predicted octanol–water partition coefficient (Wildman–Crippen LogP) is 3.98. The van der Waals surface area contributed by atoms with Crippen LogP contribution in [0.1, 0.15) is 36.4 Å². The summed E-state index contributed by atoms with van der Waals surface area (Å²) in [5.74, 6) is 0.245. The van der Waals surface area contributed by atoms with E-state index >= 15 is 0 Å². The van der Waals surface area contributed by atoms with Crippen molar-refractivity contribution in [3.63, 3.8) is 0 Å². The topological polar surface area (TPSA) is 42.4 Å². The molecule has 1 aromatic carbocycles. The summed E-state index contributed by atoms with van der Waals surface area (Å²) in [5.41, 5.74) is 2.05. The minimum atomic E-state index is -2.83. The van der Waals surface area contributed by atoms with Crippen molar-refractivity contribution in [2.24, 2.45) is 0 Å². The summed E-state index contributed by atoms with van der Waals surface area (Å²) < 4.78 is 28.6. The number of ether oxygens (including phenoxy) is 1. The van der Waals surface area contributed by atoms with Crippen molar-refractivity contribution in [3.05, 3.63) is 59.9 Å². The maximum absolute atomic E-state index is 12.6. The van der Waals surface area contributed by atoms with Crippen molar-refractivity contribution >= 4 is 5.91 Å². The molecule has 1 aromatic heterocycles. The molecule has 0 spiro atoms. The lowest BCUT2D eigenvalue weighted by Crippen LogP contribution is -2.30. The molecule has 6 heteroatoms. The van der Waals surface area contributed by atoms with Gasteiger partial charge in [-0.25, -0.2) is 0 Å². The SMILES string of the molecule is O=C(CCc1ccc(OC(F)F)cc1)N1CCCC1c1ccncc1. The number of likely N-dealkylation sites (tertiary alicyclic amines) is 1. The number of carbonyl (C=O) groups is 1. The standard InChI is InChI=1S/C19H20F2N2O2/c20-19(21)25-16-6-3-14(4-7-16)5-8-18(24)23-13-1-2-17(23)15-9-11-22-12-10-15/h3-4,6-7,9-12,17,19H,1-2,5,8,13H2. The molecule has 2 heterocycles. The molecule has 0 N–H and O–H groups in total. The van der Waals surface area contributed by atoms with E-state index in [9.17, 15) is 13.6 Å². The zero-order chi connectivity index (χ0) is 17.6. The third kappa shape index (κ3) is 4.53. The zero-order valence-corrected chi connectivity index (χ0v) is 13.8. The van der Waals surface area contributed by atoms with Gasteiger partial charge in [-0.05, 0) is 54.7 Å². The van der Waals surface area contributed by atoms with Crippen molar-refractivity contribution in [3.8, 4) is 5.75 Å². The van der Waals surface area contributed by atoms with Gasteiger partial charge in [-0.1, -0.05) is 12.1 Å². The smallest absolute Gasteiger partial charge is 0.387 e. The van der Waals surface area contributed by atoms with Crippen LogP contribution in [0.2, 0.25) is 0 Å². The van der Waals surface area contributed by atoms with E-state index in [2.05, 4.69) is 9.72 Å².